The van der Waals surface area contributed by atoms with Gasteiger partial charge in [0.2, 0.25) is 0 Å². The lowest BCUT2D eigenvalue weighted by Gasteiger charge is -2.23. The average molecular weight is 330 g/mol. The molecule has 0 spiro atoms. The van der Waals surface area contributed by atoms with Crippen molar-refractivity contribution in [3.05, 3.63) is 69.7 Å². The third-order valence-electron chi connectivity index (χ3n) is 4.37. The van der Waals surface area contributed by atoms with Crippen molar-refractivity contribution in [3.8, 4) is 0 Å². The molecule has 1 unspecified atom stereocenters. The van der Waals surface area contributed by atoms with E-state index >= 15 is 0 Å². The molecule has 2 aromatic carbocycles. The minimum Gasteiger partial charge on any atom is -0.316 e. The third kappa shape index (κ3) is 2.97. The molecule has 1 atom stereocenters. The Labute approximate surface area is 129 Å². The van der Waals surface area contributed by atoms with Crippen LogP contribution in [-0.2, 0) is 19.3 Å². The Balaban J connectivity index is 1.72. The summed E-state index contributed by atoms with van der Waals surface area (Å²) in [6.45, 7) is 0. The Morgan fingerprint density at radius 1 is 1.10 bits per heavy atom. The zero-order chi connectivity index (χ0) is 13.9. The number of rotatable bonds is 4. The molecule has 2 heteroatoms. The standard InChI is InChI=1S/C18H20BrN/c1-20-18(10-13-5-4-8-17(19)9-13)16-11-14-6-2-3-7-15(14)12-16/h2-9,16,18,20H,10-12H2,1H3. The first kappa shape index (κ1) is 13.8. The first-order chi connectivity index (χ1) is 9.76. The van der Waals surface area contributed by atoms with Crippen LogP contribution in [-0.4, -0.2) is 13.1 Å². The molecule has 0 heterocycles. The minimum absolute atomic E-state index is 0.539. The van der Waals surface area contributed by atoms with Crippen LogP contribution in [0.4, 0.5) is 0 Å². The van der Waals surface area contributed by atoms with Crippen LogP contribution in [0, 0.1) is 5.92 Å². The van der Waals surface area contributed by atoms with E-state index in [0.29, 0.717) is 12.0 Å². The van der Waals surface area contributed by atoms with Gasteiger partial charge in [-0.3, -0.25) is 0 Å². The quantitative estimate of drug-likeness (QED) is 0.894. The van der Waals surface area contributed by atoms with E-state index in [0.717, 1.165) is 6.42 Å². The average Bonchev–Trinajstić information content (AvgIpc) is 2.88. The lowest BCUT2D eigenvalue weighted by atomic mass is 9.91. The monoisotopic (exact) mass is 329 g/mol. The Morgan fingerprint density at radius 3 is 2.40 bits per heavy atom. The minimum atomic E-state index is 0.539. The van der Waals surface area contributed by atoms with E-state index in [1.165, 1.54) is 34.0 Å². The van der Waals surface area contributed by atoms with Gasteiger partial charge in [-0.05, 0) is 61.1 Å². The molecule has 0 bridgehead atoms. The highest BCUT2D eigenvalue weighted by molar-refractivity contribution is 9.10. The smallest absolute Gasteiger partial charge is 0.0178 e. The van der Waals surface area contributed by atoms with Crippen LogP contribution in [0.2, 0.25) is 0 Å². The number of hydrogen-bond acceptors (Lipinski definition) is 1. The van der Waals surface area contributed by atoms with Crippen LogP contribution in [0.5, 0.6) is 0 Å². The van der Waals surface area contributed by atoms with Gasteiger partial charge in [-0.1, -0.05) is 52.3 Å². The van der Waals surface area contributed by atoms with Crippen molar-refractivity contribution in [2.75, 3.05) is 7.05 Å². The van der Waals surface area contributed by atoms with E-state index in [4.69, 9.17) is 0 Å². The molecule has 0 saturated heterocycles. The van der Waals surface area contributed by atoms with Gasteiger partial charge in [-0.25, -0.2) is 0 Å². The summed E-state index contributed by atoms with van der Waals surface area (Å²) >= 11 is 3.56. The number of nitrogens with one attached hydrogen (secondary N) is 1. The second kappa shape index (κ2) is 6.11. The third-order valence-corrected chi connectivity index (χ3v) is 4.86. The molecule has 20 heavy (non-hydrogen) atoms. The zero-order valence-electron chi connectivity index (χ0n) is 11.8. The van der Waals surface area contributed by atoms with Gasteiger partial charge in [0.1, 0.15) is 0 Å². The van der Waals surface area contributed by atoms with Crippen molar-refractivity contribution in [1.29, 1.82) is 0 Å². The highest BCUT2D eigenvalue weighted by Gasteiger charge is 2.27. The number of hydrogen-bond donors (Lipinski definition) is 1. The topological polar surface area (TPSA) is 12.0 Å². The molecule has 1 N–H and O–H groups in total. The Kier molecular flexibility index (Phi) is 4.23. The van der Waals surface area contributed by atoms with E-state index in [-0.39, 0.29) is 0 Å². The fraction of sp³-hybridized carbons (Fsp3) is 0.333. The summed E-state index contributed by atoms with van der Waals surface area (Å²) in [6, 6.07) is 18.1. The van der Waals surface area contributed by atoms with E-state index in [9.17, 15) is 0 Å². The number of benzene rings is 2. The molecule has 2 aromatic rings. The van der Waals surface area contributed by atoms with Gasteiger partial charge in [0, 0.05) is 10.5 Å². The summed E-state index contributed by atoms with van der Waals surface area (Å²) < 4.78 is 1.17. The Hall–Kier alpha value is -1.12. The summed E-state index contributed by atoms with van der Waals surface area (Å²) in [7, 11) is 2.09. The van der Waals surface area contributed by atoms with Crippen LogP contribution in [0.25, 0.3) is 0 Å². The lowest BCUT2D eigenvalue weighted by molar-refractivity contribution is 0.383. The normalized spacial score (nSPS) is 16.1. The Morgan fingerprint density at radius 2 is 1.80 bits per heavy atom. The zero-order valence-corrected chi connectivity index (χ0v) is 13.4. The second-order valence-corrected chi connectivity index (χ2v) is 6.58. The van der Waals surface area contributed by atoms with Crippen LogP contribution < -0.4 is 5.32 Å². The van der Waals surface area contributed by atoms with Gasteiger partial charge in [0.05, 0.1) is 0 Å². The van der Waals surface area contributed by atoms with Crippen molar-refractivity contribution in [2.45, 2.75) is 25.3 Å². The van der Waals surface area contributed by atoms with Crippen molar-refractivity contribution < 1.29 is 0 Å². The van der Waals surface area contributed by atoms with Crippen molar-refractivity contribution in [1.82, 2.24) is 5.32 Å². The molecule has 0 amide bonds. The Bertz CT molecular complexity index is 568. The summed E-state index contributed by atoms with van der Waals surface area (Å²) in [4.78, 5) is 0. The van der Waals surface area contributed by atoms with Gasteiger partial charge in [-0.15, -0.1) is 0 Å². The molecule has 0 fully saturated rings. The number of halogens is 1. The van der Waals surface area contributed by atoms with Gasteiger partial charge in [0.25, 0.3) is 0 Å². The summed E-state index contributed by atoms with van der Waals surface area (Å²) in [5, 5.41) is 3.53. The van der Waals surface area contributed by atoms with Crippen molar-refractivity contribution in [2.24, 2.45) is 5.92 Å². The maximum Gasteiger partial charge on any atom is 0.0178 e. The molecular formula is C18H20BrN. The van der Waals surface area contributed by atoms with Crippen molar-refractivity contribution >= 4 is 15.9 Å². The maximum atomic E-state index is 3.56. The molecule has 0 saturated carbocycles. The molecule has 0 aliphatic heterocycles. The van der Waals surface area contributed by atoms with Crippen LogP contribution >= 0.6 is 15.9 Å². The molecule has 1 aliphatic rings. The number of fused-ring (bicyclic) bond motifs is 1. The van der Waals surface area contributed by atoms with E-state index < -0.39 is 0 Å². The molecular weight excluding hydrogens is 310 g/mol. The molecule has 3 rings (SSSR count). The summed E-state index contributed by atoms with van der Waals surface area (Å²) in [5.74, 6) is 0.705. The van der Waals surface area contributed by atoms with E-state index in [1.807, 2.05) is 0 Å². The van der Waals surface area contributed by atoms with Crippen LogP contribution in [0.15, 0.2) is 53.0 Å². The highest BCUT2D eigenvalue weighted by atomic mass is 79.9. The molecule has 1 aliphatic carbocycles. The number of likely N-dealkylation sites (N-methyl/N-ethyl adjacent to an activating group) is 1. The van der Waals surface area contributed by atoms with Crippen LogP contribution in [0.3, 0.4) is 0 Å². The largest absolute Gasteiger partial charge is 0.316 e. The first-order valence-corrected chi connectivity index (χ1v) is 8.04. The summed E-state index contributed by atoms with van der Waals surface area (Å²) in [5.41, 5.74) is 4.47. The fourth-order valence-corrected chi connectivity index (χ4v) is 3.75. The molecule has 104 valence electrons. The molecule has 0 aromatic heterocycles. The molecule has 0 radical (unpaired) electrons. The highest BCUT2D eigenvalue weighted by Crippen LogP contribution is 2.30. The van der Waals surface area contributed by atoms with Gasteiger partial charge in [0.15, 0.2) is 0 Å². The SMILES string of the molecule is CNC(Cc1cccc(Br)c1)C1Cc2ccccc2C1. The molecule has 1 nitrogen and oxygen atoms in total. The van der Waals surface area contributed by atoms with E-state index in [1.54, 1.807) is 0 Å². The predicted octanol–water partition coefficient (Wildman–Crippen LogP) is 3.99. The lowest BCUT2D eigenvalue weighted by Crippen LogP contribution is -2.36. The van der Waals surface area contributed by atoms with Crippen molar-refractivity contribution in [3.63, 3.8) is 0 Å². The van der Waals surface area contributed by atoms with Gasteiger partial charge < -0.3 is 5.32 Å². The van der Waals surface area contributed by atoms with Gasteiger partial charge in [-0.2, -0.15) is 0 Å². The second-order valence-electron chi connectivity index (χ2n) is 5.67. The van der Waals surface area contributed by atoms with Crippen LogP contribution in [0.1, 0.15) is 16.7 Å². The summed E-state index contributed by atoms with van der Waals surface area (Å²) in [6.07, 6.45) is 3.50. The predicted molar refractivity (Wildman–Crippen MR) is 88.0 cm³/mol. The first-order valence-electron chi connectivity index (χ1n) is 7.25. The van der Waals surface area contributed by atoms with E-state index in [2.05, 4.69) is 76.8 Å². The van der Waals surface area contributed by atoms with Gasteiger partial charge >= 0.3 is 0 Å². The fourth-order valence-electron chi connectivity index (χ4n) is 3.30. The maximum absolute atomic E-state index is 3.56.